The maximum atomic E-state index is 12.4. The third-order valence-electron chi connectivity index (χ3n) is 3.42. The van der Waals surface area contributed by atoms with Crippen LogP contribution in [-0.2, 0) is 16.1 Å². The molecule has 5 nitrogen and oxygen atoms in total. The van der Waals surface area contributed by atoms with Gasteiger partial charge in [-0.15, -0.1) is 0 Å². The Hall–Kier alpha value is -2.05. The second kappa shape index (κ2) is 7.02. The van der Waals surface area contributed by atoms with Crippen molar-refractivity contribution in [3.8, 4) is 5.75 Å². The number of benzene rings is 2. The summed E-state index contributed by atoms with van der Waals surface area (Å²) < 4.78 is 12.1. The van der Waals surface area contributed by atoms with Gasteiger partial charge in [-0.3, -0.25) is 4.79 Å². The molecule has 0 saturated carbocycles. The van der Waals surface area contributed by atoms with Gasteiger partial charge in [0.25, 0.3) is 12.2 Å². The highest BCUT2D eigenvalue weighted by Gasteiger charge is 2.27. The van der Waals surface area contributed by atoms with Crippen molar-refractivity contribution in [2.75, 3.05) is 17.2 Å². The number of hydrogen-bond acceptors (Lipinski definition) is 4. The van der Waals surface area contributed by atoms with E-state index in [-0.39, 0.29) is 5.91 Å². The lowest BCUT2D eigenvalue weighted by atomic mass is 10.2. The van der Waals surface area contributed by atoms with Crippen LogP contribution >= 0.6 is 15.9 Å². The number of carbonyl (C=O) groups excluding carboxylic acids is 1. The molecule has 1 aliphatic rings. The molecule has 1 heterocycles. The van der Waals surface area contributed by atoms with Crippen LogP contribution in [0.2, 0.25) is 0 Å². The molecule has 2 N–H and O–H groups in total. The number of amides is 1. The number of para-hydroxylation sites is 1. The Morgan fingerprint density at radius 2 is 2.09 bits per heavy atom. The van der Waals surface area contributed by atoms with Crippen LogP contribution in [-0.4, -0.2) is 18.7 Å². The normalized spacial score (nSPS) is 16.2. The molecule has 6 heteroatoms. The van der Waals surface area contributed by atoms with Crippen molar-refractivity contribution in [3.05, 3.63) is 52.5 Å². The van der Waals surface area contributed by atoms with Crippen LogP contribution in [0.25, 0.3) is 0 Å². The zero-order valence-electron chi connectivity index (χ0n) is 12.6. The average Bonchev–Trinajstić information content (AvgIpc) is 2.57. The number of carbonyl (C=O) groups is 1. The fourth-order valence-electron chi connectivity index (χ4n) is 2.34. The van der Waals surface area contributed by atoms with Gasteiger partial charge in [0.15, 0.2) is 0 Å². The highest BCUT2D eigenvalue weighted by molar-refractivity contribution is 9.10. The number of hydrogen-bond donors (Lipinski definition) is 2. The third-order valence-corrected chi connectivity index (χ3v) is 3.91. The van der Waals surface area contributed by atoms with Gasteiger partial charge in [0.2, 0.25) is 0 Å². The van der Waals surface area contributed by atoms with Crippen LogP contribution < -0.4 is 15.4 Å². The average molecular weight is 377 g/mol. The summed E-state index contributed by atoms with van der Waals surface area (Å²) in [6.45, 7) is 3.11. The zero-order valence-corrected chi connectivity index (χ0v) is 14.2. The van der Waals surface area contributed by atoms with Crippen LogP contribution in [0.1, 0.15) is 12.5 Å². The predicted octanol–water partition coefficient (Wildman–Crippen LogP) is 3.75. The first-order valence-electron chi connectivity index (χ1n) is 7.38. The molecule has 3 rings (SSSR count). The van der Waals surface area contributed by atoms with Gasteiger partial charge in [-0.1, -0.05) is 34.1 Å². The van der Waals surface area contributed by atoms with Gasteiger partial charge in [-0.05, 0) is 31.2 Å². The third kappa shape index (κ3) is 3.65. The van der Waals surface area contributed by atoms with E-state index < -0.39 is 6.29 Å². The highest BCUT2D eigenvalue weighted by atomic mass is 79.9. The Labute approximate surface area is 143 Å². The smallest absolute Gasteiger partial charge is 0.294 e. The number of nitrogens with one attached hydrogen (secondary N) is 2. The van der Waals surface area contributed by atoms with Gasteiger partial charge in [-0.2, -0.15) is 0 Å². The SMILES string of the molecule is CCNc1cc(Br)ccc1NC(=O)C1OCc2ccccc2O1. The van der Waals surface area contributed by atoms with E-state index in [0.29, 0.717) is 18.0 Å². The fraction of sp³-hybridized carbons (Fsp3) is 0.235. The van der Waals surface area contributed by atoms with Crippen molar-refractivity contribution < 1.29 is 14.3 Å². The molecule has 1 atom stereocenters. The Balaban J connectivity index is 1.73. The van der Waals surface area contributed by atoms with Gasteiger partial charge in [-0.25, -0.2) is 0 Å². The maximum Gasteiger partial charge on any atom is 0.294 e. The van der Waals surface area contributed by atoms with E-state index in [1.807, 2.05) is 49.4 Å². The molecule has 0 bridgehead atoms. The van der Waals surface area contributed by atoms with Gasteiger partial charge in [0.1, 0.15) is 5.75 Å². The lowest BCUT2D eigenvalue weighted by Gasteiger charge is -2.25. The molecule has 2 aromatic carbocycles. The molecule has 0 fully saturated rings. The van der Waals surface area contributed by atoms with Crippen molar-refractivity contribution in [1.29, 1.82) is 0 Å². The van der Waals surface area contributed by atoms with E-state index in [2.05, 4.69) is 26.6 Å². The summed E-state index contributed by atoms with van der Waals surface area (Å²) >= 11 is 3.43. The van der Waals surface area contributed by atoms with Crippen molar-refractivity contribution in [1.82, 2.24) is 0 Å². The van der Waals surface area contributed by atoms with E-state index in [1.54, 1.807) is 0 Å². The largest absolute Gasteiger partial charge is 0.455 e. The van der Waals surface area contributed by atoms with Crippen LogP contribution in [0.4, 0.5) is 11.4 Å². The van der Waals surface area contributed by atoms with Gasteiger partial charge in [0.05, 0.1) is 18.0 Å². The van der Waals surface area contributed by atoms with Crippen LogP contribution in [0.15, 0.2) is 46.9 Å². The summed E-state index contributed by atoms with van der Waals surface area (Å²) in [4.78, 5) is 12.4. The number of anilines is 2. The van der Waals surface area contributed by atoms with E-state index in [0.717, 1.165) is 22.3 Å². The lowest BCUT2D eigenvalue weighted by molar-refractivity contribution is -0.154. The van der Waals surface area contributed by atoms with Crippen molar-refractivity contribution in [2.45, 2.75) is 19.8 Å². The topological polar surface area (TPSA) is 59.6 Å². The summed E-state index contributed by atoms with van der Waals surface area (Å²) in [5.74, 6) is 0.350. The minimum Gasteiger partial charge on any atom is -0.455 e. The minimum absolute atomic E-state index is 0.332. The molecular formula is C17H17BrN2O3. The first-order chi connectivity index (χ1) is 11.2. The molecule has 1 aliphatic heterocycles. The predicted molar refractivity (Wildman–Crippen MR) is 92.6 cm³/mol. The van der Waals surface area contributed by atoms with Crippen LogP contribution in [0, 0.1) is 0 Å². The maximum absolute atomic E-state index is 12.4. The fourth-order valence-corrected chi connectivity index (χ4v) is 2.70. The van der Waals surface area contributed by atoms with Gasteiger partial charge < -0.3 is 20.1 Å². The standard InChI is InChI=1S/C17H17BrN2O3/c1-2-19-14-9-12(18)7-8-13(14)20-16(21)17-22-10-11-5-3-4-6-15(11)23-17/h3-9,17,19H,2,10H2,1H3,(H,20,21). The molecule has 1 unspecified atom stereocenters. The summed E-state index contributed by atoms with van der Waals surface area (Å²) in [5.41, 5.74) is 2.46. The molecule has 120 valence electrons. The number of ether oxygens (including phenoxy) is 2. The molecule has 0 spiro atoms. The lowest BCUT2D eigenvalue weighted by Crippen LogP contribution is -2.37. The molecule has 2 aromatic rings. The molecule has 0 saturated heterocycles. The molecular weight excluding hydrogens is 360 g/mol. The van der Waals surface area contributed by atoms with Gasteiger partial charge in [0, 0.05) is 16.6 Å². The molecule has 0 aromatic heterocycles. The first-order valence-corrected chi connectivity index (χ1v) is 8.17. The number of halogens is 1. The second-order valence-electron chi connectivity index (χ2n) is 5.08. The van der Waals surface area contributed by atoms with Crippen LogP contribution in [0.5, 0.6) is 5.75 Å². The molecule has 0 radical (unpaired) electrons. The van der Waals surface area contributed by atoms with Crippen molar-refractivity contribution >= 4 is 33.2 Å². The Kier molecular flexibility index (Phi) is 4.83. The molecule has 1 amide bonds. The Morgan fingerprint density at radius 1 is 1.26 bits per heavy atom. The number of rotatable bonds is 4. The highest BCUT2D eigenvalue weighted by Crippen LogP contribution is 2.28. The quantitative estimate of drug-likeness (QED) is 0.852. The zero-order chi connectivity index (χ0) is 16.2. The minimum atomic E-state index is -0.956. The summed E-state index contributed by atoms with van der Waals surface area (Å²) in [5, 5.41) is 6.07. The van der Waals surface area contributed by atoms with Crippen LogP contribution in [0.3, 0.4) is 0 Å². The molecule has 0 aliphatic carbocycles. The van der Waals surface area contributed by atoms with E-state index in [9.17, 15) is 4.79 Å². The molecule has 23 heavy (non-hydrogen) atoms. The van der Waals surface area contributed by atoms with Crippen molar-refractivity contribution in [2.24, 2.45) is 0 Å². The van der Waals surface area contributed by atoms with E-state index >= 15 is 0 Å². The summed E-state index contributed by atoms with van der Waals surface area (Å²) in [7, 11) is 0. The van der Waals surface area contributed by atoms with Gasteiger partial charge >= 0.3 is 0 Å². The van der Waals surface area contributed by atoms with E-state index in [1.165, 1.54) is 0 Å². The van der Waals surface area contributed by atoms with E-state index in [4.69, 9.17) is 9.47 Å². The Bertz CT molecular complexity index is 721. The van der Waals surface area contributed by atoms with Crippen molar-refractivity contribution in [3.63, 3.8) is 0 Å². The Morgan fingerprint density at radius 3 is 2.91 bits per heavy atom. The summed E-state index contributed by atoms with van der Waals surface area (Å²) in [6.07, 6.45) is -0.956. The first kappa shape index (κ1) is 15.8. The number of fused-ring (bicyclic) bond motifs is 1. The summed E-state index contributed by atoms with van der Waals surface area (Å²) in [6, 6.07) is 13.2. The second-order valence-corrected chi connectivity index (χ2v) is 5.99. The monoisotopic (exact) mass is 376 g/mol.